The van der Waals surface area contributed by atoms with E-state index in [9.17, 15) is 4.79 Å². The third-order valence-corrected chi connectivity index (χ3v) is 3.55. The summed E-state index contributed by atoms with van der Waals surface area (Å²) in [6.45, 7) is 4.44. The van der Waals surface area contributed by atoms with Gasteiger partial charge in [0.2, 0.25) is 0 Å². The zero-order chi connectivity index (χ0) is 15.1. The zero-order valence-electron chi connectivity index (χ0n) is 12.5. The van der Waals surface area contributed by atoms with Crippen LogP contribution >= 0.6 is 0 Å². The van der Waals surface area contributed by atoms with Gasteiger partial charge in [-0.25, -0.2) is 0 Å². The van der Waals surface area contributed by atoms with Crippen molar-refractivity contribution >= 4 is 11.9 Å². The van der Waals surface area contributed by atoms with Crippen molar-refractivity contribution in [1.82, 2.24) is 15.4 Å². The lowest BCUT2D eigenvalue weighted by molar-refractivity contribution is -0.149. The van der Waals surface area contributed by atoms with Crippen molar-refractivity contribution in [3.05, 3.63) is 18.0 Å². The van der Waals surface area contributed by atoms with Crippen LogP contribution in [0.3, 0.4) is 0 Å². The third-order valence-electron chi connectivity index (χ3n) is 3.55. The second-order valence-electron chi connectivity index (χ2n) is 4.90. The Morgan fingerprint density at radius 2 is 2.33 bits per heavy atom. The van der Waals surface area contributed by atoms with E-state index in [0.717, 1.165) is 37.6 Å². The Bertz CT molecular complexity index is 465. The van der Waals surface area contributed by atoms with Crippen molar-refractivity contribution in [2.45, 2.75) is 26.3 Å². The van der Waals surface area contributed by atoms with Gasteiger partial charge < -0.3 is 19.5 Å². The zero-order valence-corrected chi connectivity index (χ0v) is 12.5. The van der Waals surface area contributed by atoms with Crippen LogP contribution in [0.15, 0.2) is 21.8 Å². The first-order valence-electron chi connectivity index (χ1n) is 7.26. The van der Waals surface area contributed by atoms with Gasteiger partial charge in [-0.3, -0.25) is 9.79 Å². The molecule has 1 saturated heterocycles. The quantitative estimate of drug-likeness (QED) is 0.507. The Kier molecular flexibility index (Phi) is 5.59. The minimum Gasteiger partial charge on any atom is -0.466 e. The molecule has 116 valence electrons. The van der Waals surface area contributed by atoms with E-state index in [-0.39, 0.29) is 11.9 Å². The number of nitrogens with one attached hydrogen (secondary N) is 1. The van der Waals surface area contributed by atoms with Crippen molar-refractivity contribution < 1.29 is 14.1 Å². The van der Waals surface area contributed by atoms with Gasteiger partial charge in [-0.05, 0) is 19.8 Å². The van der Waals surface area contributed by atoms with Gasteiger partial charge >= 0.3 is 5.97 Å². The number of carbonyl (C=O) groups is 1. The van der Waals surface area contributed by atoms with E-state index in [1.165, 1.54) is 0 Å². The van der Waals surface area contributed by atoms with Crippen LogP contribution < -0.4 is 5.32 Å². The van der Waals surface area contributed by atoms with E-state index in [4.69, 9.17) is 9.26 Å². The topological polar surface area (TPSA) is 80.0 Å². The molecule has 0 atom stereocenters. The van der Waals surface area contributed by atoms with Gasteiger partial charge in [0.1, 0.15) is 12.0 Å². The van der Waals surface area contributed by atoms with Gasteiger partial charge in [0, 0.05) is 26.2 Å². The van der Waals surface area contributed by atoms with Crippen LogP contribution in [0.1, 0.15) is 25.5 Å². The predicted octanol–water partition coefficient (Wildman–Crippen LogP) is 1.03. The predicted molar refractivity (Wildman–Crippen MR) is 77.6 cm³/mol. The van der Waals surface area contributed by atoms with Crippen molar-refractivity contribution in [1.29, 1.82) is 0 Å². The maximum atomic E-state index is 11.7. The van der Waals surface area contributed by atoms with Gasteiger partial charge in [0.25, 0.3) is 0 Å². The highest BCUT2D eigenvalue weighted by molar-refractivity contribution is 5.80. The molecule has 7 heteroatoms. The fourth-order valence-electron chi connectivity index (χ4n) is 2.42. The summed E-state index contributed by atoms with van der Waals surface area (Å²) in [6.07, 6.45) is 3.14. The van der Waals surface area contributed by atoms with Crippen molar-refractivity contribution in [2.75, 3.05) is 26.7 Å². The first-order valence-corrected chi connectivity index (χ1v) is 7.26. The van der Waals surface area contributed by atoms with Crippen LogP contribution in [0.2, 0.25) is 0 Å². The monoisotopic (exact) mass is 294 g/mol. The molecule has 0 aliphatic carbocycles. The molecule has 0 saturated carbocycles. The van der Waals surface area contributed by atoms with E-state index in [1.54, 1.807) is 13.3 Å². The smallest absolute Gasteiger partial charge is 0.309 e. The van der Waals surface area contributed by atoms with Crippen LogP contribution in [0.5, 0.6) is 0 Å². The van der Waals surface area contributed by atoms with Gasteiger partial charge in [-0.2, -0.15) is 0 Å². The Hall–Kier alpha value is -2.05. The molecule has 2 rings (SSSR count). The van der Waals surface area contributed by atoms with Gasteiger partial charge in [-0.1, -0.05) is 5.16 Å². The third kappa shape index (κ3) is 4.21. The molecule has 0 radical (unpaired) electrons. The van der Waals surface area contributed by atoms with Crippen LogP contribution in [-0.4, -0.2) is 48.7 Å². The summed E-state index contributed by atoms with van der Waals surface area (Å²) in [5.41, 5.74) is 0.831. The molecule has 2 heterocycles. The Labute approximate surface area is 124 Å². The average molecular weight is 294 g/mol. The number of nitrogens with zero attached hydrogens (tertiary/aromatic N) is 3. The van der Waals surface area contributed by atoms with E-state index in [2.05, 4.69) is 20.4 Å². The molecule has 1 aromatic heterocycles. The van der Waals surface area contributed by atoms with Crippen LogP contribution in [0, 0.1) is 5.92 Å². The van der Waals surface area contributed by atoms with E-state index < -0.39 is 0 Å². The van der Waals surface area contributed by atoms with E-state index in [0.29, 0.717) is 13.2 Å². The first kappa shape index (κ1) is 15.3. The Morgan fingerprint density at radius 3 is 2.90 bits per heavy atom. The maximum absolute atomic E-state index is 11.7. The molecule has 1 aromatic rings. The molecule has 7 nitrogen and oxygen atoms in total. The average Bonchev–Trinajstić information content (AvgIpc) is 3.02. The van der Waals surface area contributed by atoms with Crippen LogP contribution in [-0.2, 0) is 16.1 Å². The molecule has 1 aliphatic rings. The number of carbonyl (C=O) groups excluding carboxylic acids is 1. The summed E-state index contributed by atoms with van der Waals surface area (Å²) in [6, 6.07) is 1.81. The SMILES string of the molecule is CCOC(=O)C1CCN(C(=NC)NCc2ccon2)CC1. The summed E-state index contributed by atoms with van der Waals surface area (Å²) in [4.78, 5) is 18.1. The summed E-state index contributed by atoms with van der Waals surface area (Å²) >= 11 is 0. The molecule has 0 aromatic carbocycles. The fourth-order valence-corrected chi connectivity index (χ4v) is 2.42. The number of esters is 1. The second-order valence-corrected chi connectivity index (χ2v) is 4.90. The highest BCUT2D eigenvalue weighted by Gasteiger charge is 2.27. The molecule has 0 unspecified atom stereocenters. The largest absolute Gasteiger partial charge is 0.466 e. The molecule has 0 amide bonds. The number of likely N-dealkylation sites (tertiary alicyclic amines) is 1. The number of hydrogen-bond acceptors (Lipinski definition) is 5. The fraction of sp³-hybridized carbons (Fsp3) is 0.643. The summed E-state index contributed by atoms with van der Waals surface area (Å²) in [5, 5.41) is 7.10. The van der Waals surface area contributed by atoms with E-state index >= 15 is 0 Å². The Morgan fingerprint density at radius 1 is 1.57 bits per heavy atom. The van der Waals surface area contributed by atoms with Crippen molar-refractivity contribution in [2.24, 2.45) is 10.9 Å². The first-order chi connectivity index (χ1) is 10.2. The normalized spacial score (nSPS) is 16.9. The molecule has 21 heavy (non-hydrogen) atoms. The van der Waals surface area contributed by atoms with Gasteiger partial charge in [-0.15, -0.1) is 0 Å². The number of ether oxygens (including phenoxy) is 1. The van der Waals surface area contributed by atoms with Crippen LogP contribution in [0.25, 0.3) is 0 Å². The molecule has 0 bridgehead atoms. The molecule has 1 fully saturated rings. The minimum absolute atomic E-state index is 0.00912. The molecular formula is C14H22N4O3. The number of piperidine rings is 1. The highest BCUT2D eigenvalue weighted by Crippen LogP contribution is 2.18. The summed E-state index contributed by atoms with van der Waals surface area (Å²) < 4.78 is 9.87. The maximum Gasteiger partial charge on any atom is 0.309 e. The molecule has 1 N–H and O–H groups in total. The minimum atomic E-state index is -0.0808. The van der Waals surface area contributed by atoms with Gasteiger partial charge in [0.05, 0.1) is 19.1 Å². The van der Waals surface area contributed by atoms with Crippen LogP contribution in [0.4, 0.5) is 0 Å². The lowest BCUT2D eigenvalue weighted by atomic mass is 9.97. The number of hydrogen-bond donors (Lipinski definition) is 1. The number of rotatable bonds is 4. The lowest BCUT2D eigenvalue weighted by Crippen LogP contribution is -2.46. The lowest BCUT2D eigenvalue weighted by Gasteiger charge is -2.33. The molecule has 0 spiro atoms. The molecular weight excluding hydrogens is 272 g/mol. The van der Waals surface area contributed by atoms with Crippen molar-refractivity contribution in [3.63, 3.8) is 0 Å². The Balaban J connectivity index is 1.80. The summed E-state index contributed by atoms with van der Waals surface area (Å²) in [5.74, 6) is 0.748. The van der Waals surface area contributed by atoms with Crippen molar-refractivity contribution in [3.8, 4) is 0 Å². The standard InChI is InChI=1S/C14H22N4O3/c1-3-20-13(19)11-4-7-18(8-5-11)14(15-2)16-10-12-6-9-21-17-12/h6,9,11H,3-5,7-8,10H2,1-2H3,(H,15,16). The highest BCUT2D eigenvalue weighted by atomic mass is 16.5. The number of aliphatic imine (C=N–C) groups is 1. The number of guanidine groups is 1. The van der Waals surface area contributed by atoms with Gasteiger partial charge in [0.15, 0.2) is 5.96 Å². The second kappa shape index (κ2) is 7.66. The number of aromatic nitrogens is 1. The van der Waals surface area contributed by atoms with E-state index in [1.807, 2.05) is 13.0 Å². The molecule has 1 aliphatic heterocycles. The summed E-state index contributed by atoms with van der Waals surface area (Å²) in [7, 11) is 1.75.